The molecule has 188 valence electrons. The molecule has 1 amide bonds. The Morgan fingerprint density at radius 1 is 1.17 bits per heavy atom. The van der Waals surface area contributed by atoms with Gasteiger partial charge in [0, 0.05) is 23.6 Å². The number of amides is 1. The van der Waals surface area contributed by atoms with Crippen LogP contribution in [0.15, 0.2) is 52.8 Å². The van der Waals surface area contributed by atoms with E-state index < -0.39 is 16.9 Å². The van der Waals surface area contributed by atoms with Gasteiger partial charge in [0.2, 0.25) is 22.8 Å². The zero-order valence-electron chi connectivity index (χ0n) is 20.0. The summed E-state index contributed by atoms with van der Waals surface area (Å²) < 4.78 is 18.0. The molecule has 0 saturated carbocycles. The fourth-order valence-corrected chi connectivity index (χ4v) is 4.73. The smallest absolute Gasteiger partial charge is 0.269 e. The number of nitro groups is 1. The molecule has 0 bridgehead atoms. The number of nitrogens with two attached hydrogens (primary N) is 1. The highest BCUT2D eigenvalue weighted by atomic mass is 32.2. The molecule has 36 heavy (non-hydrogen) atoms. The molecule has 0 radical (unpaired) electrons. The van der Waals surface area contributed by atoms with Crippen LogP contribution >= 0.6 is 11.8 Å². The topological polar surface area (TPSA) is 157 Å². The number of allylic oxidation sites excluding steroid dienone is 1. The van der Waals surface area contributed by atoms with Crippen molar-refractivity contribution in [1.29, 1.82) is 0 Å². The fourth-order valence-electron chi connectivity index (χ4n) is 3.94. The fraction of sp³-hybridized carbons (Fsp3) is 0.261. The Balaban J connectivity index is 1.72. The molecule has 1 aromatic heterocycles. The molecule has 0 saturated heterocycles. The third kappa shape index (κ3) is 4.64. The minimum Gasteiger partial charge on any atom is -0.493 e. The molecular formula is C23H24N6O6S. The second-order valence-electron chi connectivity index (χ2n) is 7.76. The number of hydrogen-bond donors (Lipinski definition) is 2. The lowest BCUT2D eigenvalue weighted by atomic mass is 9.94. The van der Waals surface area contributed by atoms with Crippen LogP contribution in [0, 0.1) is 10.1 Å². The molecule has 3 aromatic rings. The molecule has 0 fully saturated rings. The average molecular weight is 513 g/mol. The summed E-state index contributed by atoms with van der Waals surface area (Å²) in [5.41, 5.74) is 8.17. The Kier molecular flexibility index (Phi) is 7.01. The zero-order valence-corrected chi connectivity index (χ0v) is 20.8. The highest BCUT2D eigenvalue weighted by Crippen LogP contribution is 2.44. The van der Waals surface area contributed by atoms with Gasteiger partial charge in [-0.2, -0.15) is 4.98 Å². The summed E-state index contributed by atoms with van der Waals surface area (Å²) in [7, 11) is 4.52. The molecule has 0 aliphatic carbocycles. The number of nitrogens with one attached hydrogen (secondary N) is 1. The van der Waals surface area contributed by atoms with Gasteiger partial charge in [0.1, 0.15) is 6.04 Å². The first-order chi connectivity index (χ1) is 17.3. The number of nitrogens with zero attached hydrogens (tertiary/aromatic N) is 4. The summed E-state index contributed by atoms with van der Waals surface area (Å²) in [5, 5.41) is 19.1. The molecule has 1 aliphatic rings. The van der Waals surface area contributed by atoms with E-state index in [2.05, 4.69) is 15.4 Å². The predicted octanol–water partition coefficient (Wildman–Crippen LogP) is 3.28. The summed E-state index contributed by atoms with van der Waals surface area (Å²) in [5.74, 6) is 1.56. The molecule has 13 heteroatoms. The van der Waals surface area contributed by atoms with Gasteiger partial charge >= 0.3 is 0 Å². The Labute approximate surface area is 210 Å². The van der Waals surface area contributed by atoms with Crippen LogP contribution in [-0.2, 0) is 10.5 Å². The van der Waals surface area contributed by atoms with Crippen molar-refractivity contribution in [3.63, 3.8) is 0 Å². The van der Waals surface area contributed by atoms with Gasteiger partial charge in [-0.05, 0) is 30.2 Å². The number of carbonyl (C=O) groups excluding carboxylic acids is 1. The second-order valence-corrected chi connectivity index (χ2v) is 8.71. The Morgan fingerprint density at radius 3 is 2.33 bits per heavy atom. The molecule has 12 nitrogen and oxygen atoms in total. The van der Waals surface area contributed by atoms with E-state index in [9.17, 15) is 14.9 Å². The summed E-state index contributed by atoms with van der Waals surface area (Å²) in [4.78, 5) is 27.5. The molecule has 3 N–H and O–H groups in total. The number of thioether (sulfide) groups is 1. The van der Waals surface area contributed by atoms with E-state index in [4.69, 9.17) is 19.9 Å². The first-order valence-corrected chi connectivity index (χ1v) is 11.7. The number of anilines is 1. The van der Waals surface area contributed by atoms with Gasteiger partial charge in [-0.15, -0.1) is 5.10 Å². The quantitative estimate of drug-likeness (QED) is 0.248. The van der Waals surface area contributed by atoms with Crippen LogP contribution in [-0.4, -0.2) is 46.9 Å². The molecule has 0 spiro atoms. The highest BCUT2D eigenvalue weighted by molar-refractivity contribution is 7.98. The van der Waals surface area contributed by atoms with E-state index in [1.165, 1.54) is 45.2 Å². The van der Waals surface area contributed by atoms with E-state index >= 15 is 0 Å². The van der Waals surface area contributed by atoms with Gasteiger partial charge in [0.05, 0.1) is 31.8 Å². The molecule has 2 aromatic carbocycles. The van der Waals surface area contributed by atoms with E-state index in [1.807, 2.05) is 0 Å². The van der Waals surface area contributed by atoms with Crippen molar-refractivity contribution < 1.29 is 23.9 Å². The van der Waals surface area contributed by atoms with Crippen LogP contribution in [0.2, 0.25) is 0 Å². The Bertz CT molecular complexity index is 1330. The number of non-ortho nitro benzene ring substituents is 1. The van der Waals surface area contributed by atoms with E-state index in [0.717, 1.165) is 5.56 Å². The molecular weight excluding hydrogens is 488 g/mol. The number of primary amides is 1. The van der Waals surface area contributed by atoms with Gasteiger partial charge in [-0.3, -0.25) is 14.9 Å². The zero-order chi connectivity index (χ0) is 26.0. The molecule has 2 heterocycles. The lowest BCUT2D eigenvalue weighted by molar-refractivity contribution is -0.384. The SMILES string of the molecule is COc1cc(C2C(C(N)=O)=C(C)Nc3nc(SCc4ccc([N+](=O)[O-])cc4)nn32)cc(OC)c1OC. The van der Waals surface area contributed by atoms with Gasteiger partial charge < -0.3 is 25.3 Å². The normalized spacial score (nSPS) is 14.6. The molecule has 4 rings (SSSR count). The number of carbonyl (C=O) groups is 1. The largest absolute Gasteiger partial charge is 0.493 e. The number of rotatable bonds is 9. The maximum atomic E-state index is 12.5. The lowest BCUT2D eigenvalue weighted by Crippen LogP contribution is -2.31. The van der Waals surface area contributed by atoms with Crippen molar-refractivity contribution in [3.05, 3.63) is 68.9 Å². The number of methoxy groups -OCH3 is 3. The van der Waals surface area contributed by atoms with Gasteiger partial charge in [-0.1, -0.05) is 23.9 Å². The van der Waals surface area contributed by atoms with Crippen LogP contribution in [0.1, 0.15) is 24.1 Å². The second kappa shape index (κ2) is 10.2. The number of benzene rings is 2. The van der Waals surface area contributed by atoms with Crippen LogP contribution in [0.25, 0.3) is 0 Å². The summed E-state index contributed by atoms with van der Waals surface area (Å²) >= 11 is 1.35. The summed E-state index contributed by atoms with van der Waals surface area (Å²) in [6, 6.07) is 9.06. The predicted molar refractivity (Wildman–Crippen MR) is 132 cm³/mol. The van der Waals surface area contributed by atoms with Crippen LogP contribution in [0.3, 0.4) is 0 Å². The average Bonchev–Trinajstić information content (AvgIpc) is 3.27. The Hall–Kier alpha value is -4.26. The lowest BCUT2D eigenvalue weighted by Gasteiger charge is -2.28. The highest BCUT2D eigenvalue weighted by Gasteiger charge is 2.34. The van der Waals surface area contributed by atoms with Crippen molar-refractivity contribution in [3.8, 4) is 17.2 Å². The van der Waals surface area contributed by atoms with E-state index in [1.54, 1.807) is 35.9 Å². The molecule has 1 aliphatic heterocycles. The summed E-state index contributed by atoms with van der Waals surface area (Å²) in [6.45, 7) is 1.74. The first-order valence-electron chi connectivity index (χ1n) is 10.7. The van der Waals surface area contributed by atoms with Gasteiger partial charge in [-0.25, -0.2) is 4.68 Å². The molecule has 1 atom stereocenters. The number of aromatic nitrogens is 3. The number of fused-ring (bicyclic) bond motifs is 1. The van der Waals surface area contributed by atoms with Crippen LogP contribution in [0.5, 0.6) is 17.2 Å². The monoisotopic (exact) mass is 512 g/mol. The van der Waals surface area contributed by atoms with Crippen molar-refractivity contribution in [1.82, 2.24) is 14.8 Å². The summed E-state index contributed by atoms with van der Waals surface area (Å²) in [6.07, 6.45) is 0. The van der Waals surface area contributed by atoms with E-state index in [0.29, 0.717) is 50.9 Å². The molecule has 1 unspecified atom stereocenters. The van der Waals surface area contributed by atoms with Gasteiger partial charge in [0.25, 0.3) is 5.69 Å². The van der Waals surface area contributed by atoms with Gasteiger partial charge in [0.15, 0.2) is 11.5 Å². The maximum Gasteiger partial charge on any atom is 0.269 e. The van der Waals surface area contributed by atoms with Crippen LogP contribution in [0.4, 0.5) is 11.6 Å². The van der Waals surface area contributed by atoms with Crippen molar-refractivity contribution in [2.45, 2.75) is 23.9 Å². The number of hydrogen-bond acceptors (Lipinski definition) is 10. The minimum atomic E-state index is -0.700. The number of nitro benzene ring substituents is 1. The number of ether oxygens (including phenoxy) is 3. The Morgan fingerprint density at radius 2 is 1.81 bits per heavy atom. The third-order valence-electron chi connectivity index (χ3n) is 5.62. The minimum absolute atomic E-state index is 0.0252. The third-order valence-corrected chi connectivity index (χ3v) is 6.53. The van der Waals surface area contributed by atoms with Crippen molar-refractivity contribution in [2.24, 2.45) is 5.73 Å². The van der Waals surface area contributed by atoms with Crippen molar-refractivity contribution >= 4 is 29.3 Å². The van der Waals surface area contributed by atoms with Crippen LogP contribution < -0.4 is 25.3 Å². The van der Waals surface area contributed by atoms with Crippen molar-refractivity contribution in [2.75, 3.05) is 26.6 Å². The standard InChI is InChI=1S/C23H24N6O6S/c1-12-18(21(24)30)19(14-9-16(33-2)20(35-4)17(10-14)34-3)28-22(25-12)26-23(27-28)36-11-13-5-7-15(8-6-13)29(31)32/h5-10,19H,11H2,1-4H3,(H2,24,30)(H,25,26,27). The first kappa shape index (κ1) is 24.9. The van der Waals surface area contributed by atoms with E-state index in [-0.39, 0.29) is 5.69 Å². The maximum absolute atomic E-state index is 12.5.